The van der Waals surface area contributed by atoms with Gasteiger partial charge in [-0.05, 0) is 23.8 Å². The van der Waals surface area contributed by atoms with Crippen LogP contribution in [-0.4, -0.2) is 36.8 Å². The molecule has 6 nitrogen and oxygen atoms in total. The van der Waals surface area contributed by atoms with Crippen molar-refractivity contribution in [3.05, 3.63) is 65.0 Å². The number of aliphatic hydroxyl groups is 1. The topological polar surface area (TPSA) is 78.1 Å². The lowest BCUT2D eigenvalue weighted by atomic mass is 10.1. The van der Waals surface area contributed by atoms with Crippen molar-refractivity contribution in [3.63, 3.8) is 0 Å². The first-order valence-electron chi connectivity index (χ1n) is 9.80. The maximum atomic E-state index is 13.7. The van der Waals surface area contributed by atoms with Crippen LogP contribution in [0.4, 0.5) is 26.3 Å². The minimum atomic E-state index is -5.33. The summed E-state index contributed by atoms with van der Waals surface area (Å²) in [4.78, 5) is 12.3. The third kappa shape index (κ3) is 6.95. The quantitative estimate of drug-likeness (QED) is 0.220. The first-order valence-corrected chi connectivity index (χ1v) is 9.80. The van der Waals surface area contributed by atoms with Crippen molar-refractivity contribution in [1.82, 2.24) is 0 Å². The zero-order chi connectivity index (χ0) is 25.0. The average Bonchev–Trinajstić information content (AvgIpc) is 2.71. The molecule has 0 aliphatic rings. The van der Waals surface area contributed by atoms with Crippen molar-refractivity contribution in [3.8, 4) is 16.9 Å². The molecule has 0 spiro atoms. The van der Waals surface area contributed by atoms with E-state index in [1.165, 1.54) is 18.2 Å². The molecule has 0 radical (unpaired) electrons. The Morgan fingerprint density at radius 3 is 2.15 bits per heavy atom. The number of ether oxygens (including phenoxy) is 3. The van der Waals surface area contributed by atoms with E-state index in [0.29, 0.717) is 16.5 Å². The standard InChI is InChI=1S/C22H18F6O6/c23-20(24,8-10-29)33-22(27,28)34-21(25,26)9-11-31-16-7-6-15-12-17(14-4-2-1-3-5-14)19(30)32-18(15)13-16/h1-7,12-13,29H,8-11H2. The van der Waals surface area contributed by atoms with Crippen LogP contribution in [0.5, 0.6) is 5.75 Å². The molecule has 0 amide bonds. The van der Waals surface area contributed by atoms with Crippen LogP contribution < -0.4 is 10.4 Å². The Morgan fingerprint density at radius 1 is 0.853 bits per heavy atom. The van der Waals surface area contributed by atoms with E-state index < -0.39 is 50.2 Å². The van der Waals surface area contributed by atoms with Gasteiger partial charge in [0, 0.05) is 11.5 Å². The van der Waals surface area contributed by atoms with Crippen molar-refractivity contribution < 1.29 is 50.1 Å². The number of aliphatic hydroxyl groups excluding tert-OH is 1. The van der Waals surface area contributed by atoms with E-state index in [4.69, 9.17) is 14.3 Å². The molecule has 0 aliphatic carbocycles. The van der Waals surface area contributed by atoms with Crippen LogP contribution in [-0.2, 0) is 9.47 Å². The smallest absolute Gasteiger partial charge is 0.493 e. The van der Waals surface area contributed by atoms with Gasteiger partial charge in [0.15, 0.2) is 0 Å². The van der Waals surface area contributed by atoms with E-state index >= 15 is 0 Å². The number of hydrogen-bond donors (Lipinski definition) is 1. The lowest BCUT2D eigenvalue weighted by Crippen LogP contribution is -2.41. The Morgan fingerprint density at radius 2 is 1.50 bits per heavy atom. The number of fused-ring (bicyclic) bond motifs is 1. The van der Waals surface area contributed by atoms with Crippen LogP contribution in [0, 0.1) is 0 Å². The third-order valence-corrected chi connectivity index (χ3v) is 4.39. The number of hydrogen-bond acceptors (Lipinski definition) is 6. The Kier molecular flexibility index (Phi) is 7.54. The second kappa shape index (κ2) is 10.0. The zero-order valence-corrected chi connectivity index (χ0v) is 17.3. The van der Waals surface area contributed by atoms with Crippen molar-refractivity contribution in [2.75, 3.05) is 13.2 Å². The molecule has 0 saturated heterocycles. The van der Waals surface area contributed by atoms with Gasteiger partial charge in [0.1, 0.15) is 11.3 Å². The Balaban J connectivity index is 1.63. The average molecular weight is 492 g/mol. The SMILES string of the molecule is O=c1oc2cc(OCCC(F)(F)OC(F)(F)OC(F)(F)CCO)ccc2cc1-c1ccccc1. The highest BCUT2D eigenvalue weighted by atomic mass is 19.3. The first kappa shape index (κ1) is 25.5. The minimum absolute atomic E-state index is 0.0172. The Hall–Kier alpha value is -3.09. The molecule has 0 atom stereocenters. The van der Waals surface area contributed by atoms with Crippen LogP contribution in [0.25, 0.3) is 22.1 Å². The molecule has 3 aromatic rings. The summed E-state index contributed by atoms with van der Waals surface area (Å²) in [6, 6.07) is 14.4. The molecule has 1 heterocycles. The van der Waals surface area contributed by atoms with E-state index in [0.717, 1.165) is 0 Å². The molecular weight excluding hydrogens is 474 g/mol. The lowest BCUT2D eigenvalue weighted by Gasteiger charge is -2.26. The molecule has 0 saturated carbocycles. The monoisotopic (exact) mass is 492 g/mol. The van der Waals surface area contributed by atoms with Gasteiger partial charge < -0.3 is 14.3 Å². The molecule has 0 fully saturated rings. The van der Waals surface area contributed by atoms with E-state index in [-0.39, 0.29) is 11.3 Å². The van der Waals surface area contributed by atoms with Gasteiger partial charge in [-0.1, -0.05) is 30.3 Å². The molecule has 0 unspecified atom stereocenters. The fourth-order valence-corrected chi connectivity index (χ4v) is 2.89. The van der Waals surface area contributed by atoms with Crippen LogP contribution in [0.15, 0.2) is 63.8 Å². The molecule has 0 aliphatic heterocycles. The van der Waals surface area contributed by atoms with E-state index in [9.17, 15) is 31.1 Å². The summed E-state index contributed by atoms with van der Waals surface area (Å²) in [5.41, 5.74) is 0.397. The van der Waals surface area contributed by atoms with Crippen LogP contribution in [0.1, 0.15) is 12.8 Å². The second-order valence-corrected chi connectivity index (χ2v) is 7.03. The van der Waals surface area contributed by atoms with Crippen molar-refractivity contribution >= 4 is 11.0 Å². The second-order valence-electron chi connectivity index (χ2n) is 7.03. The van der Waals surface area contributed by atoms with E-state index in [2.05, 4.69) is 9.47 Å². The lowest BCUT2D eigenvalue weighted by molar-refractivity contribution is -0.514. The highest BCUT2D eigenvalue weighted by Crippen LogP contribution is 2.36. The summed E-state index contributed by atoms with van der Waals surface area (Å²) < 4.78 is 96.3. The van der Waals surface area contributed by atoms with Gasteiger partial charge in [0.05, 0.1) is 31.6 Å². The fraction of sp³-hybridized carbons (Fsp3) is 0.318. The van der Waals surface area contributed by atoms with Gasteiger partial charge in [-0.25, -0.2) is 14.3 Å². The van der Waals surface area contributed by atoms with Crippen molar-refractivity contribution in [1.29, 1.82) is 0 Å². The van der Waals surface area contributed by atoms with E-state index in [1.54, 1.807) is 36.4 Å². The number of halogens is 6. The predicted molar refractivity (Wildman–Crippen MR) is 107 cm³/mol. The predicted octanol–water partition coefficient (Wildman–Crippen LogP) is 5.38. The normalized spacial score (nSPS) is 12.8. The van der Waals surface area contributed by atoms with Gasteiger partial charge >= 0.3 is 24.1 Å². The van der Waals surface area contributed by atoms with E-state index in [1.807, 2.05) is 0 Å². The summed E-state index contributed by atoms with van der Waals surface area (Å²) in [5, 5.41) is 8.88. The summed E-state index contributed by atoms with van der Waals surface area (Å²) in [5.74, 6) is -0.0172. The highest BCUT2D eigenvalue weighted by Gasteiger charge is 2.51. The van der Waals surface area contributed by atoms with Gasteiger partial charge in [-0.3, -0.25) is 0 Å². The molecule has 0 bridgehead atoms. The molecule has 34 heavy (non-hydrogen) atoms. The molecule has 1 aromatic heterocycles. The molecule has 3 rings (SSSR count). The highest BCUT2D eigenvalue weighted by molar-refractivity contribution is 5.82. The Labute approximate surface area is 188 Å². The molecule has 12 heteroatoms. The zero-order valence-electron chi connectivity index (χ0n) is 17.3. The molecule has 1 N–H and O–H groups in total. The van der Waals surface area contributed by atoms with Crippen LogP contribution in [0.3, 0.4) is 0 Å². The largest absolute Gasteiger partial charge is 0.494 e. The third-order valence-electron chi connectivity index (χ3n) is 4.39. The molecule has 184 valence electrons. The van der Waals surface area contributed by atoms with Crippen molar-refractivity contribution in [2.45, 2.75) is 31.4 Å². The van der Waals surface area contributed by atoms with Crippen LogP contribution >= 0.6 is 0 Å². The maximum Gasteiger partial charge on any atom is 0.494 e. The van der Waals surface area contributed by atoms with Crippen LogP contribution in [0.2, 0.25) is 0 Å². The summed E-state index contributed by atoms with van der Waals surface area (Å²) in [7, 11) is 0. The van der Waals surface area contributed by atoms with Gasteiger partial charge in [0.25, 0.3) is 0 Å². The van der Waals surface area contributed by atoms with Gasteiger partial charge in [-0.15, -0.1) is 8.78 Å². The molecule has 2 aromatic carbocycles. The first-order chi connectivity index (χ1) is 15.9. The van der Waals surface area contributed by atoms with Gasteiger partial charge in [0.2, 0.25) is 0 Å². The number of rotatable bonds is 11. The summed E-state index contributed by atoms with van der Waals surface area (Å²) >= 11 is 0. The van der Waals surface area contributed by atoms with Crippen molar-refractivity contribution in [2.24, 2.45) is 0 Å². The fourth-order valence-electron chi connectivity index (χ4n) is 2.89. The summed E-state index contributed by atoms with van der Waals surface area (Å²) in [6.07, 6.45) is -17.5. The Bertz CT molecular complexity index is 1170. The molecular formula is C22H18F6O6. The maximum absolute atomic E-state index is 13.7. The number of alkyl halides is 6. The number of benzene rings is 2. The van der Waals surface area contributed by atoms with Gasteiger partial charge in [-0.2, -0.15) is 17.6 Å². The minimum Gasteiger partial charge on any atom is -0.493 e. The summed E-state index contributed by atoms with van der Waals surface area (Å²) in [6.45, 7) is -2.07.